The number of carbonyl (C=O) groups excluding carboxylic acids is 1. The number of benzene rings is 2. The third-order valence-electron chi connectivity index (χ3n) is 3.80. The molecule has 0 atom stereocenters. The van der Waals surface area contributed by atoms with Crippen molar-refractivity contribution in [2.75, 3.05) is 27.1 Å². The zero-order valence-corrected chi connectivity index (χ0v) is 17.8. The molecule has 0 radical (unpaired) electrons. The highest BCUT2D eigenvalue weighted by atomic mass is 35.5. The molecule has 0 saturated carbocycles. The van der Waals surface area contributed by atoms with E-state index in [1.165, 1.54) is 6.21 Å². The van der Waals surface area contributed by atoms with Crippen LogP contribution in [0.15, 0.2) is 40.3 Å². The van der Waals surface area contributed by atoms with Gasteiger partial charge in [-0.05, 0) is 35.6 Å². The molecule has 2 rings (SSSR count). The van der Waals surface area contributed by atoms with E-state index < -0.39 is 0 Å². The molecular formula is C20H23ClN2O4S. The molecule has 8 heteroatoms. The molecule has 6 nitrogen and oxygen atoms in total. The summed E-state index contributed by atoms with van der Waals surface area (Å²) in [5.74, 6) is 2.30. The van der Waals surface area contributed by atoms with Crippen LogP contribution in [-0.2, 0) is 11.2 Å². The summed E-state index contributed by atoms with van der Waals surface area (Å²) in [5, 5.41) is 4.63. The number of halogens is 1. The van der Waals surface area contributed by atoms with Crippen LogP contribution in [0.25, 0.3) is 0 Å². The number of carbonyl (C=O) groups is 1. The van der Waals surface area contributed by atoms with Crippen molar-refractivity contribution in [1.82, 2.24) is 5.43 Å². The van der Waals surface area contributed by atoms with Crippen LogP contribution in [0.4, 0.5) is 0 Å². The van der Waals surface area contributed by atoms with Crippen molar-refractivity contribution in [3.63, 3.8) is 0 Å². The molecule has 28 heavy (non-hydrogen) atoms. The smallest absolute Gasteiger partial charge is 0.244 e. The molecular weight excluding hydrogens is 400 g/mol. The minimum atomic E-state index is -0.240. The summed E-state index contributed by atoms with van der Waals surface area (Å²) in [4.78, 5) is 13.3. The van der Waals surface area contributed by atoms with Crippen molar-refractivity contribution in [1.29, 1.82) is 0 Å². The van der Waals surface area contributed by atoms with Gasteiger partial charge in [-0.25, -0.2) is 5.43 Å². The number of rotatable bonds is 9. The summed E-state index contributed by atoms with van der Waals surface area (Å²) in [6, 6.07) is 8.97. The van der Waals surface area contributed by atoms with Crippen LogP contribution in [0, 0.1) is 0 Å². The van der Waals surface area contributed by atoms with Gasteiger partial charge in [-0.3, -0.25) is 4.79 Å². The van der Waals surface area contributed by atoms with Crippen molar-refractivity contribution in [2.45, 2.75) is 18.2 Å². The quantitative estimate of drug-likeness (QED) is 0.373. The topological polar surface area (TPSA) is 69.2 Å². The second-order valence-corrected chi connectivity index (χ2v) is 7.35. The molecule has 0 bridgehead atoms. The van der Waals surface area contributed by atoms with E-state index in [0.717, 1.165) is 16.2 Å². The van der Waals surface area contributed by atoms with E-state index >= 15 is 0 Å². The molecule has 0 aliphatic carbocycles. The standard InChI is InChI=1S/C20H23ClN2O4S/c1-5-28-19-7-6-15(21)8-13(19)10-20(24)23-22-12-14-9-17(26-3)18(27-4)11-16(14)25-2/h6-9,11-12H,5,10H2,1-4H3,(H,23,24)/b22-12-. The normalized spacial score (nSPS) is 10.8. The van der Waals surface area contributed by atoms with E-state index in [2.05, 4.69) is 17.5 Å². The van der Waals surface area contributed by atoms with E-state index in [-0.39, 0.29) is 12.3 Å². The molecule has 0 aromatic heterocycles. The fourth-order valence-corrected chi connectivity index (χ4v) is 3.51. The fraction of sp³-hybridized carbons (Fsp3) is 0.300. The van der Waals surface area contributed by atoms with Crippen molar-refractivity contribution in [2.24, 2.45) is 5.10 Å². The Morgan fingerprint density at radius 1 is 1.11 bits per heavy atom. The van der Waals surface area contributed by atoms with Crippen LogP contribution in [0.5, 0.6) is 17.2 Å². The fourth-order valence-electron chi connectivity index (χ4n) is 2.52. The number of hydrogen-bond acceptors (Lipinski definition) is 6. The lowest BCUT2D eigenvalue weighted by molar-refractivity contribution is -0.120. The summed E-state index contributed by atoms with van der Waals surface area (Å²) in [6.45, 7) is 2.06. The molecule has 0 heterocycles. The van der Waals surface area contributed by atoms with E-state index in [1.807, 2.05) is 12.1 Å². The number of methoxy groups -OCH3 is 3. The Hall–Kier alpha value is -2.38. The van der Waals surface area contributed by atoms with E-state index in [1.54, 1.807) is 51.3 Å². The Morgan fingerprint density at radius 2 is 1.79 bits per heavy atom. The number of hydrogen-bond donors (Lipinski definition) is 1. The largest absolute Gasteiger partial charge is 0.496 e. The van der Waals surface area contributed by atoms with Gasteiger partial charge in [0.2, 0.25) is 5.91 Å². The predicted octanol–water partition coefficient (Wildman–Crippen LogP) is 4.17. The molecule has 1 N–H and O–H groups in total. The highest BCUT2D eigenvalue weighted by Gasteiger charge is 2.11. The van der Waals surface area contributed by atoms with Crippen LogP contribution in [0.1, 0.15) is 18.1 Å². The minimum Gasteiger partial charge on any atom is -0.496 e. The Balaban J connectivity index is 2.11. The SMILES string of the molecule is CCSc1ccc(Cl)cc1CC(=O)N/N=C\c1cc(OC)c(OC)cc1OC. The van der Waals surface area contributed by atoms with Crippen LogP contribution in [0.3, 0.4) is 0 Å². The molecule has 0 unspecified atom stereocenters. The lowest BCUT2D eigenvalue weighted by Gasteiger charge is -2.11. The molecule has 0 aliphatic heterocycles. The van der Waals surface area contributed by atoms with Gasteiger partial charge < -0.3 is 14.2 Å². The van der Waals surface area contributed by atoms with Gasteiger partial charge in [0.25, 0.3) is 0 Å². The van der Waals surface area contributed by atoms with E-state index in [0.29, 0.717) is 27.8 Å². The monoisotopic (exact) mass is 422 g/mol. The van der Waals surface area contributed by atoms with Gasteiger partial charge in [-0.1, -0.05) is 18.5 Å². The summed E-state index contributed by atoms with van der Waals surface area (Å²) < 4.78 is 15.9. The van der Waals surface area contributed by atoms with Gasteiger partial charge in [0.05, 0.1) is 34.0 Å². The number of hydrazone groups is 1. The van der Waals surface area contributed by atoms with Gasteiger partial charge in [0, 0.05) is 21.5 Å². The third kappa shape index (κ3) is 5.81. The summed E-state index contributed by atoms with van der Waals surface area (Å²) in [6.07, 6.45) is 1.68. The summed E-state index contributed by atoms with van der Waals surface area (Å²) >= 11 is 7.73. The lowest BCUT2D eigenvalue weighted by Crippen LogP contribution is -2.20. The van der Waals surface area contributed by atoms with Crippen LogP contribution in [0.2, 0.25) is 5.02 Å². The first kappa shape index (κ1) is 21.9. The number of nitrogens with one attached hydrogen (secondary N) is 1. The van der Waals surface area contributed by atoms with Crippen molar-refractivity contribution in [3.05, 3.63) is 46.5 Å². The van der Waals surface area contributed by atoms with Gasteiger partial charge >= 0.3 is 0 Å². The Kier molecular flexibility index (Phi) is 8.47. The second-order valence-electron chi connectivity index (χ2n) is 5.60. The highest BCUT2D eigenvalue weighted by Crippen LogP contribution is 2.33. The molecule has 0 saturated heterocycles. The highest BCUT2D eigenvalue weighted by molar-refractivity contribution is 7.99. The molecule has 0 fully saturated rings. The van der Waals surface area contributed by atoms with Crippen LogP contribution >= 0.6 is 23.4 Å². The number of thioether (sulfide) groups is 1. The number of amides is 1. The Morgan fingerprint density at radius 3 is 2.43 bits per heavy atom. The molecule has 2 aromatic carbocycles. The first-order valence-electron chi connectivity index (χ1n) is 8.55. The number of ether oxygens (including phenoxy) is 3. The molecule has 0 spiro atoms. The predicted molar refractivity (Wildman–Crippen MR) is 113 cm³/mol. The summed E-state index contributed by atoms with van der Waals surface area (Å²) in [5.41, 5.74) is 4.05. The summed E-state index contributed by atoms with van der Waals surface area (Å²) in [7, 11) is 4.64. The lowest BCUT2D eigenvalue weighted by atomic mass is 10.1. The van der Waals surface area contributed by atoms with Gasteiger partial charge in [-0.2, -0.15) is 5.10 Å². The third-order valence-corrected chi connectivity index (χ3v) is 5.04. The zero-order chi connectivity index (χ0) is 20.5. The van der Waals surface area contributed by atoms with Crippen LogP contribution in [-0.4, -0.2) is 39.2 Å². The van der Waals surface area contributed by atoms with E-state index in [4.69, 9.17) is 25.8 Å². The van der Waals surface area contributed by atoms with Gasteiger partial charge in [-0.15, -0.1) is 11.8 Å². The van der Waals surface area contributed by atoms with Crippen molar-refractivity contribution >= 4 is 35.5 Å². The second kappa shape index (κ2) is 10.8. The maximum atomic E-state index is 12.3. The van der Waals surface area contributed by atoms with Crippen molar-refractivity contribution < 1.29 is 19.0 Å². The average molecular weight is 423 g/mol. The minimum absolute atomic E-state index is 0.184. The maximum Gasteiger partial charge on any atom is 0.244 e. The first-order valence-corrected chi connectivity index (χ1v) is 9.91. The van der Waals surface area contributed by atoms with Gasteiger partial charge in [0.15, 0.2) is 11.5 Å². The average Bonchev–Trinajstić information content (AvgIpc) is 2.69. The van der Waals surface area contributed by atoms with Crippen LogP contribution < -0.4 is 19.6 Å². The molecule has 1 amide bonds. The molecule has 150 valence electrons. The molecule has 0 aliphatic rings. The van der Waals surface area contributed by atoms with Crippen molar-refractivity contribution in [3.8, 4) is 17.2 Å². The maximum absolute atomic E-state index is 12.3. The Labute approximate surface area is 174 Å². The Bertz CT molecular complexity index is 858. The molecule has 2 aromatic rings. The first-order chi connectivity index (χ1) is 13.5. The van der Waals surface area contributed by atoms with Gasteiger partial charge in [0.1, 0.15) is 5.75 Å². The van der Waals surface area contributed by atoms with E-state index in [9.17, 15) is 4.79 Å². The zero-order valence-electron chi connectivity index (χ0n) is 16.2. The number of nitrogens with zero attached hydrogens (tertiary/aromatic N) is 1.